The first-order valence-electron chi connectivity index (χ1n) is 8.82. The second-order valence-electron chi connectivity index (χ2n) is 6.55. The maximum atomic E-state index is 12.2. The van der Waals surface area contributed by atoms with Gasteiger partial charge in [-0.1, -0.05) is 30.3 Å². The van der Waals surface area contributed by atoms with Gasteiger partial charge in [0.2, 0.25) is 5.91 Å². The average Bonchev–Trinajstić information content (AvgIpc) is 2.58. The lowest BCUT2D eigenvalue weighted by molar-refractivity contribution is -0.133. The number of ether oxygens (including phenoxy) is 1. The molecule has 2 rings (SSSR count). The summed E-state index contributed by atoms with van der Waals surface area (Å²) in [5.74, 6) is 0.705. The molecule has 0 aliphatic carbocycles. The SMILES string of the molecule is CC(N)C1CCCN(C(=O)CCCOCCc2ccccc2)C1.Cl. The van der Waals surface area contributed by atoms with Crippen LogP contribution in [0.3, 0.4) is 0 Å². The van der Waals surface area contributed by atoms with Crippen molar-refractivity contribution in [3.63, 3.8) is 0 Å². The van der Waals surface area contributed by atoms with Crippen molar-refractivity contribution >= 4 is 18.3 Å². The molecule has 1 saturated heterocycles. The third-order valence-electron chi connectivity index (χ3n) is 4.61. The van der Waals surface area contributed by atoms with Crippen molar-refractivity contribution in [2.75, 3.05) is 26.3 Å². The Labute approximate surface area is 152 Å². The molecule has 136 valence electrons. The fourth-order valence-electron chi connectivity index (χ4n) is 3.09. The van der Waals surface area contributed by atoms with Crippen LogP contribution in [-0.4, -0.2) is 43.2 Å². The van der Waals surface area contributed by atoms with Crippen LogP contribution in [0.25, 0.3) is 0 Å². The van der Waals surface area contributed by atoms with Gasteiger partial charge in [-0.05, 0) is 44.1 Å². The summed E-state index contributed by atoms with van der Waals surface area (Å²) in [7, 11) is 0. The number of hydrogen-bond acceptors (Lipinski definition) is 3. The van der Waals surface area contributed by atoms with Gasteiger partial charge in [-0.15, -0.1) is 12.4 Å². The molecule has 0 spiro atoms. The van der Waals surface area contributed by atoms with E-state index in [-0.39, 0.29) is 24.4 Å². The van der Waals surface area contributed by atoms with Crippen molar-refractivity contribution in [2.24, 2.45) is 11.7 Å². The normalized spacial score (nSPS) is 18.8. The van der Waals surface area contributed by atoms with E-state index in [1.807, 2.05) is 30.0 Å². The van der Waals surface area contributed by atoms with Gasteiger partial charge in [0.15, 0.2) is 0 Å². The molecule has 2 N–H and O–H groups in total. The Hall–Kier alpha value is -1.10. The molecular formula is C19H31ClN2O2. The van der Waals surface area contributed by atoms with Crippen molar-refractivity contribution in [1.82, 2.24) is 4.90 Å². The number of piperidine rings is 1. The highest BCUT2D eigenvalue weighted by Gasteiger charge is 2.25. The maximum absolute atomic E-state index is 12.2. The molecule has 24 heavy (non-hydrogen) atoms. The van der Waals surface area contributed by atoms with Gasteiger partial charge in [-0.25, -0.2) is 0 Å². The maximum Gasteiger partial charge on any atom is 0.222 e. The molecule has 5 heteroatoms. The molecule has 2 unspecified atom stereocenters. The summed E-state index contributed by atoms with van der Waals surface area (Å²) >= 11 is 0. The van der Waals surface area contributed by atoms with E-state index >= 15 is 0 Å². The zero-order valence-corrected chi connectivity index (χ0v) is 15.5. The molecular weight excluding hydrogens is 324 g/mol. The Morgan fingerprint density at radius 3 is 2.79 bits per heavy atom. The van der Waals surface area contributed by atoms with Crippen LogP contribution in [0.4, 0.5) is 0 Å². The molecule has 0 radical (unpaired) electrons. The predicted molar refractivity (Wildman–Crippen MR) is 100 cm³/mol. The summed E-state index contributed by atoms with van der Waals surface area (Å²) in [6, 6.07) is 10.5. The number of carbonyl (C=O) groups excluding carboxylic acids is 1. The quantitative estimate of drug-likeness (QED) is 0.730. The molecule has 1 amide bonds. The second-order valence-corrected chi connectivity index (χ2v) is 6.55. The summed E-state index contributed by atoms with van der Waals surface area (Å²) in [5.41, 5.74) is 7.27. The van der Waals surface area contributed by atoms with E-state index in [4.69, 9.17) is 10.5 Å². The number of amides is 1. The first kappa shape index (κ1) is 20.9. The molecule has 1 heterocycles. The highest BCUT2D eigenvalue weighted by atomic mass is 35.5. The smallest absolute Gasteiger partial charge is 0.222 e. The minimum atomic E-state index is 0. The summed E-state index contributed by atoms with van der Waals surface area (Å²) in [6.45, 7) is 5.12. The summed E-state index contributed by atoms with van der Waals surface area (Å²) in [6.07, 6.45) is 4.52. The van der Waals surface area contributed by atoms with Gasteiger partial charge in [0.05, 0.1) is 6.61 Å². The van der Waals surface area contributed by atoms with E-state index in [9.17, 15) is 4.79 Å². The number of carbonyl (C=O) groups is 1. The third kappa shape index (κ3) is 7.20. The minimum Gasteiger partial charge on any atom is -0.381 e. The lowest BCUT2D eigenvalue weighted by atomic mass is 9.92. The lowest BCUT2D eigenvalue weighted by Gasteiger charge is -2.34. The van der Waals surface area contributed by atoms with E-state index in [1.54, 1.807) is 0 Å². The zero-order valence-electron chi connectivity index (χ0n) is 14.7. The van der Waals surface area contributed by atoms with Crippen LogP contribution >= 0.6 is 12.4 Å². The Balaban J connectivity index is 0.00000288. The molecule has 2 atom stereocenters. The first-order chi connectivity index (χ1) is 11.2. The summed E-state index contributed by atoms with van der Waals surface area (Å²) < 4.78 is 5.64. The second kappa shape index (κ2) is 11.5. The van der Waals surface area contributed by atoms with E-state index < -0.39 is 0 Å². The van der Waals surface area contributed by atoms with Gasteiger partial charge in [0.25, 0.3) is 0 Å². The topological polar surface area (TPSA) is 55.6 Å². The molecule has 1 fully saturated rings. The molecule has 0 bridgehead atoms. The molecule has 1 aromatic carbocycles. The number of likely N-dealkylation sites (tertiary alicyclic amines) is 1. The third-order valence-corrected chi connectivity index (χ3v) is 4.61. The van der Waals surface area contributed by atoms with E-state index in [2.05, 4.69) is 12.1 Å². The number of rotatable bonds is 8. The molecule has 1 aromatic rings. The van der Waals surface area contributed by atoms with E-state index in [0.717, 1.165) is 38.8 Å². The van der Waals surface area contributed by atoms with Crippen molar-refractivity contribution < 1.29 is 9.53 Å². The summed E-state index contributed by atoms with van der Waals surface area (Å²) in [4.78, 5) is 14.2. The van der Waals surface area contributed by atoms with E-state index in [0.29, 0.717) is 25.6 Å². The Kier molecular flexibility index (Phi) is 9.99. The molecule has 1 aliphatic rings. The molecule has 1 aliphatic heterocycles. The monoisotopic (exact) mass is 354 g/mol. The van der Waals surface area contributed by atoms with Gasteiger partial charge in [0.1, 0.15) is 0 Å². The number of halogens is 1. The number of hydrogen-bond donors (Lipinski definition) is 1. The van der Waals surface area contributed by atoms with Crippen molar-refractivity contribution in [1.29, 1.82) is 0 Å². The van der Waals surface area contributed by atoms with Crippen LogP contribution in [0.5, 0.6) is 0 Å². The minimum absolute atomic E-state index is 0. The Morgan fingerprint density at radius 2 is 2.08 bits per heavy atom. The van der Waals surface area contributed by atoms with Crippen LogP contribution < -0.4 is 5.73 Å². The highest BCUT2D eigenvalue weighted by Crippen LogP contribution is 2.19. The number of benzene rings is 1. The van der Waals surface area contributed by atoms with Crippen molar-refractivity contribution in [2.45, 2.75) is 45.1 Å². The van der Waals surface area contributed by atoms with Crippen molar-refractivity contribution in [3.05, 3.63) is 35.9 Å². The highest BCUT2D eigenvalue weighted by molar-refractivity contribution is 5.85. The number of nitrogens with two attached hydrogens (primary N) is 1. The Morgan fingerprint density at radius 1 is 1.33 bits per heavy atom. The first-order valence-corrected chi connectivity index (χ1v) is 8.82. The Bertz CT molecular complexity index is 468. The predicted octanol–water partition coefficient (Wildman–Crippen LogP) is 3.03. The molecule has 0 aromatic heterocycles. The van der Waals surface area contributed by atoms with Gasteiger partial charge < -0.3 is 15.4 Å². The van der Waals surface area contributed by atoms with Crippen LogP contribution in [-0.2, 0) is 16.0 Å². The van der Waals surface area contributed by atoms with Gasteiger partial charge >= 0.3 is 0 Å². The van der Waals surface area contributed by atoms with E-state index in [1.165, 1.54) is 5.56 Å². The fourth-order valence-corrected chi connectivity index (χ4v) is 3.09. The molecule has 4 nitrogen and oxygen atoms in total. The summed E-state index contributed by atoms with van der Waals surface area (Å²) in [5, 5.41) is 0. The van der Waals surface area contributed by atoms with Crippen LogP contribution in [0.2, 0.25) is 0 Å². The van der Waals surface area contributed by atoms with Gasteiger partial charge in [0, 0.05) is 32.2 Å². The largest absolute Gasteiger partial charge is 0.381 e. The fraction of sp³-hybridized carbons (Fsp3) is 0.632. The van der Waals surface area contributed by atoms with Gasteiger partial charge in [-0.2, -0.15) is 0 Å². The zero-order chi connectivity index (χ0) is 16.5. The van der Waals surface area contributed by atoms with Crippen LogP contribution in [0, 0.1) is 5.92 Å². The van der Waals surface area contributed by atoms with Gasteiger partial charge in [-0.3, -0.25) is 4.79 Å². The van der Waals surface area contributed by atoms with Crippen LogP contribution in [0.1, 0.15) is 38.2 Å². The lowest BCUT2D eigenvalue weighted by Crippen LogP contribution is -2.45. The average molecular weight is 355 g/mol. The number of nitrogens with zero attached hydrogens (tertiary/aromatic N) is 1. The van der Waals surface area contributed by atoms with Crippen LogP contribution in [0.15, 0.2) is 30.3 Å². The standard InChI is InChI=1S/C19H30N2O2.ClH/c1-16(20)18-9-5-12-21(15-18)19(22)10-6-13-23-14-11-17-7-3-2-4-8-17;/h2-4,7-8,16,18H,5-6,9-15,20H2,1H3;1H. The molecule has 0 saturated carbocycles. The van der Waals surface area contributed by atoms with Crippen molar-refractivity contribution in [3.8, 4) is 0 Å².